The van der Waals surface area contributed by atoms with Crippen LogP contribution < -0.4 is 10.5 Å². The number of pyridine rings is 1. The molecule has 0 saturated carbocycles. The summed E-state index contributed by atoms with van der Waals surface area (Å²) < 4.78 is 57.6. The molecule has 1 aromatic heterocycles. The number of halogens is 4. The van der Waals surface area contributed by atoms with Gasteiger partial charge in [0.1, 0.15) is 11.6 Å². The normalized spacial score (nSPS) is 13.4. The number of amides is 1. The monoisotopic (exact) mass is 681 g/mol. The smallest absolute Gasteiger partial charge is 0.294 e. The molecule has 0 aliphatic carbocycles. The molecule has 0 unspecified atom stereocenters. The van der Waals surface area contributed by atoms with Gasteiger partial charge in [0.2, 0.25) is 5.78 Å². The molecule has 0 atom stereocenters. The van der Waals surface area contributed by atoms with Crippen LogP contribution in [-0.4, -0.2) is 52.4 Å². The molecule has 7 nitrogen and oxygen atoms in total. The van der Waals surface area contributed by atoms with Crippen molar-refractivity contribution in [3.8, 4) is 11.1 Å². The Bertz CT molecular complexity index is 2140. The summed E-state index contributed by atoms with van der Waals surface area (Å²) in [5.41, 5.74) is 1.92. The summed E-state index contributed by atoms with van der Waals surface area (Å²) in [5.74, 6) is -7.86. The summed E-state index contributed by atoms with van der Waals surface area (Å²) in [6.07, 6.45) is 1.57. The van der Waals surface area contributed by atoms with E-state index < -0.39 is 51.8 Å². The summed E-state index contributed by atoms with van der Waals surface area (Å²) in [6.45, 7) is 1.10. The van der Waals surface area contributed by atoms with Crippen molar-refractivity contribution in [3.05, 3.63) is 165 Å². The fourth-order valence-corrected chi connectivity index (χ4v) is 5.91. The number of hydrogen-bond donors (Lipinski definition) is 1. The van der Waals surface area contributed by atoms with Crippen LogP contribution in [0.1, 0.15) is 22.3 Å². The lowest BCUT2D eigenvalue weighted by molar-refractivity contribution is -0.142. The van der Waals surface area contributed by atoms with Crippen LogP contribution in [0.15, 0.2) is 114 Å². The highest BCUT2D eigenvalue weighted by Gasteiger charge is 2.26. The van der Waals surface area contributed by atoms with Gasteiger partial charge in [-0.2, -0.15) is 0 Å². The van der Waals surface area contributed by atoms with Gasteiger partial charge in [0.15, 0.2) is 17.5 Å². The maximum absolute atomic E-state index is 14.5. The minimum atomic E-state index is -1.67. The van der Waals surface area contributed by atoms with Gasteiger partial charge in [-0.15, -0.1) is 0 Å². The van der Waals surface area contributed by atoms with Gasteiger partial charge in [-0.05, 0) is 52.6 Å². The molecule has 0 bridgehead atoms. The third-order valence-corrected chi connectivity index (χ3v) is 8.61. The third kappa shape index (κ3) is 7.36. The molecule has 0 radical (unpaired) electrons. The van der Waals surface area contributed by atoms with Crippen molar-refractivity contribution in [1.29, 1.82) is 0 Å². The summed E-state index contributed by atoms with van der Waals surface area (Å²) in [6, 6.07) is 26.6. The van der Waals surface area contributed by atoms with E-state index in [9.17, 15) is 37.1 Å². The Morgan fingerprint density at radius 2 is 1.38 bits per heavy atom. The van der Waals surface area contributed by atoms with Crippen LogP contribution in [-0.2, 0) is 22.6 Å². The number of benzene rings is 4. The Hall–Kier alpha value is -5.97. The number of ketones is 1. The fraction of sp³-hybridized carbons (Fsp3) is 0.154. The Morgan fingerprint density at radius 1 is 0.720 bits per heavy atom. The van der Waals surface area contributed by atoms with Gasteiger partial charge >= 0.3 is 0 Å². The lowest BCUT2D eigenvalue weighted by atomic mass is 10.0. The van der Waals surface area contributed by atoms with Crippen molar-refractivity contribution in [2.24, 2.45) is 0 Å². The van der Waals surface area contributed by atoms with Crippen molar-refractivity contribution >= 4 is 23.1 Å². The number of nitrogens with zero attached hydrogens (tertiary/aromatic N) is 3. The maximum Gasteiger partial charge on any atom is 0.294 e. The average Bonchev–Trinajstić information content (AvgIpc) is 3.14. The van der Waals surface area contributed by atoms with Crippen LogP contribution in [0.25, 0.3) is 16.9 Å². The molecular weight excluding hydrogens is 650 g/mol. The molecule has 2 heterocycles. The molecular formula is C39H31F4N3O4. The highest BCUT2D eigenvalue weighted by atomic mass is 19.2. The number of aliphatic hydroxyl groups excluding tert-OH is 1. The second-order valence-electron chi connectivity index (χ2n) is 11.9. The van der Waals surface area contributed by atoms with Crippen molar-refractivity contribution in [1.82, 2.24) is 9.47 Å². The van der Waals surface area contributed by atoms with Gasteiger partial charge in [-0.25, -0.2) is 17.6 Å². The zero-order valence-electron chi connectivity index (χ0n) is 26.7. The van der Waals surface area contributed by atoms with Gasteiger partial charge in [0, 0.05) is 56.1 Å². The van der Waals surface area contributed by atoms with Crippen LogP contribution in [0, 0.1) is 23.3 Å². The van der Waals surface area contributed by atoms with Gasteiger partial charge in [0.25, 0.3) is 11.5 Å². The third-order valence-electron chi connectivity index (χ3n) is 8.61. The van der Waals surface area contributed by atoms with Crippen molar-refractivity contribution in [2.75, 3.05) is 31.1 Å². The van der Waals surface area contributed by atoms with E-state index in [1.54, 1.807) is 6.07 Å². The molecule has 50 heavy (non-hydrogen) atoms. The summed E-state index contributed by atoms with van der Waals surface area (Å²) in [4.78, 5) is 43.1. The second kappa shape index (κ2) is 14.7. The SMILES string of the molecule is O=C(C=C(O)c1cc(Cc2ccc(F)c(F)c2F)cn(Cc2ccccc2F)c1=O)C(=O)N1CCN(c2ccc(-c3ccccc3)cc2)CC1. The van der Waals surface area contributed by atoms with E-state index in [-0.39, 0.29) is 42.7 Å². The summed E-state index contributed by atoms with van der Waals surface area (Å²) in [7, 11) is 0. The molecule has 254 valence electrons. The molecule has 5 aromatic rings. The van der Waals surface area contributed by atoms with Crippen LogP contribution in [0.4, 0.5) is 23.2 Å². The van der Waals surface area contributed by atoms with E-state index in [4.69, 9.17) is 0 Å². The number of aliphatic hydroxyl groups is 1. The Kier molecular flexibility index (Phi) is 9.94. The average molecular weight is 682 g/mol. The molecule has 6 rings (SSSR count). The number of carbonyl (C=O) groups is 2. The molecule has 1 N–H and O–H groups in total. The molecule has 11 heteroatoms. The number of aromatic nitrogens is 1. The van der Waals surface area contributed by atoms with Crippen LogP contribution in [0.5, 0.6) is 0 Å². The van der Waals surface area contributed by atoms with Crippen molar-refractivity contribution in [2.45, 2.75) is 13.0 Å². The number of rotatable bonds is 9. The van der Waals surface area contributed by atoms with E-state index in [2.05, 4.69) is 4.90 Å². The lowest BCUT2D eigenvalue weighted by Crippen LogP contribution is -2.50. The van der Waals surface area contributed by atoms with Crippen LogP contribution in [0.3, 0.4) is 0 Å². The van der Waals surface area contributed by atoms with Gasteiger partial charge in [-0.1, -0.05) is 66.7 Å². The van der Waals surface area contributed by atoms with Crippen molar-refractivity contribution < 1.29 is 32.3 Å². The lowest BCUT2D eigenvalue weighted by Gasteiger charge is -2.35. The zero-order valence-corrected chi connectivity index (χ0v) is 26.7. The molecule has 0 spiro atoms. The highest BCUT2D eigenvalue weighted by molar-refractivity contribution is 6.41. The molecule has 1 aliphatic rings. The Labute approximate surface area is 285 Å². The standard InChI is InChI=1S/C39H31F4N3O4/c40-32-9-5-4-8-29(32)24-46-23-25(20-28-12-15-33(41)37(43)36(28)42)21-31(38(46)49)34(47)22-35(48)39(50)45-18-16-44(17-19-45)30-13-10-27(11-14-30)26-6-2-1-3-7-26/h1-15,21-23,47H,16-20,24H2. The predicted octanol–water partition coefficient (Wildman–Crippen LogP) is 6.53. The second-order valence-corrected chi connectivity index (χ2v) is 11.9. The van der Waals surface area contributed by atoms with E-state index in [1.807, 2.05) is 54.6 Å². The number of carbonyl (C=O) groups excluding carboxylic acids is 2. The van der Waals surface area contributed by atoms with Gasteiger partial charge < -0.3 is 19.5 Å². The van der Waals surface area contributed by atoms with Crippen molar-refractivity contribution in [3.63, 3.8) is 0 Å². The number of anilines is 1. The first-order valence-corrected chi connectivity index (χ1v) is 15.8. The maximum atomic E-state index is 14.5. The Balaban J connectivity index is 1.20. The van der Waals surface area contributed by atoms with Crippen LogP contribution in [0.2, 0.25) is 0 Å². The topological polar surface area (TPSA) is 82.8 Å². The van der Waals surface area contributed by atoms with Gasteiger partial charge in [0.05, 0.1) is 12.1 Å². The fourth-order valence-electron chi connectivity index (χ4n) is 5.91. The minimum Gasteiger partial charge on any atom is -0.507 e. The van der Waals surface area contributed by atoms with Gasteiger partial charge in [-0.3, -0.25) is 14.4 Å². The number of piperazine rings is 1. The van der Waals surface area contributed by atoms with E-state index in [1.165, 1.54) is 29.3 Å². The molecule has 1 saturated heterocycles. The minimum absolute atomic E-state index is 0.123. The van der Waals surface area contributed by atoms with E-state index in [0.29, 0.717) is 19.2 Å². The van der Waals surface area contributed by atoms with Crippen LogP contribution >= 0.6 is 0 Å². The zero-order chi connectivity index (χ0) is 35.4. The van der Waals surface area contributed by atoms with E-state index >= 15 is 0 Å². The quantitative estimate of drug-likeness (QED) is 0.0630. The first-order valence-electron chi connectivity index (χ1n) is 15.8. The van der Waals surface area contributed by atoms with E-state index in [0.717, 1.165) is 39.6 Å². The summed E-state index contributed by atoms with van der Waals surface area (Å²) >= 11 is 0. The predicted molar refractivity (Wildman–Crippen MR) is 182 cm³/mol. The molecule has 1 aliphatic heterocycles. The largest absolute Gasteiger partial charge is 0.507 e. The first kappa shape index (κ1) is 33.9. The first-order chi connectivity index (χ1) is 24.1. The molecule has 1 fully saturated rings. The highest BCUT2D eigenvalue weighted by Crippen LogP contribution is 2.24. The number of hydrogen-bond acceptors (Lipinski definition) is 5. The Morgan fingerprint density at radius 3 is 2.08 bits per heavy atom. The molecule has 4 aromatic carbocycles. The summed E-state index contributed by atoms with van der Waals surface area (Å²) in [5, 5.41) is 11.0. The molecule has 1 amide bonds.